The SMILES string of the molecule is CN(Cc1cc(Br)cs1)C1CCC1O. The maximum Gasteiger partial charge on any atom is 0.0696 e. The minimum Gasteiger partial charge on any atom is -0.391 e. The predicted octanol–water partition coefficient (Wildman–Crippen LogP) is 2.47. The highest BCUT2D eigenvalue weighted by Gasteiger charge is 2.32. The monoisotopic (exact) mass is 275 g/mol. The fourth-order valence-corrected chi connectivity index (χ4v) is 3.29. The van der Waals surface area contributed by atoms with Crippen LogP contribution in [0.1, 0.15) is 17.7 Å². The number of rotatable bonds is 3. The lowest BCUT2D eigenvalue weighted by Gasteiger charge is -2.39. The van der Waals surface area contributed by atoms with Crippen LogP contribution in [-0.4, -0.2) is 29.2 Å². The summed E-state index contributed by atoms with van der Waals surface area (Å²) >= 11 is 5.21. The maximum absolute atomic E-state index is 9.51. The van der Waals surface area contributed by atoms with Crippen molar-refractivity contribution in [3.8, 4) is 0 Å². The molecule has 1 aliphatic rings. The van der Waals surface area contributed by atoms with Crippen LogP contribution in [0.3, 0.4) is 0 Å². The summed E-state index contributed by atoms with van der Waals surface area (Å²) in [7, 11) is 2.08. The van der Waals surface area contributed by atoms with Crippen molar-refractivity contribution in [2.45, 2.75) is 31.5 Å². The van der Waals surface area contributed by atoms with Gasteiger partial charge in [-0.2, -0.15) is 0 Å². The number of aliphatic hydroxyl groups excluding tert-OH is 1. The van der Waals surface area contributed by atoms with Gasteiger partial charge in [-0.25, -0.2) is 0 Å². The molecule has 14 heavy (non-hydrogen) atoms. The predicted molar refractivity (Wildman–Crippen MR) is 62.5 cm³/mol. The molecule has 1 aromatic rings. The van der Waals surface area contributed by atoms with Crippen LogP contribution in [0.2, 0.25) is 0 Å². The quantitative estimate of drug-likeness (QED) is 0.916. The molecule has 0 bridgehead atoms. The minimum absolute atomic E-state index is 0.108. The van der Waals surface area contributed by atoms with Gasteiger partial charge in [-0.05, 0) is 41.9 Å². The smallest absolute Gasteiger partial charge is 0.0696 e. The van der Waals surface area contributed by atoms with Gasteiger partial charge in [0.25, 0.3) is 0 Å². The van der Waals surface area contributed by atoms with E-state index in [-0.39, 0.29) is 6.10 Å². The Kier molecular flexibility index (Phi) is 3.27. The average Bonchev–Trinajstić information content (AvgIpc) is 2.48. The molecule has 78 valence electrons. The standard InChI is InChI=1S/C10H14BrNOS/c1-12(9-2-3-10(9)13)5-8-4-7(11)6-14-8/h4,6,9-10,13H,2-3,5H2,1H3. The number of aliphatic hydroxyl groups is 1. The van der Waals surface area contributed by atoms with E-state index in [1.54, 1.807) is 11.3 Å². The highest BCUT2D eigenvalue weighted by molar-refractivity contribution is 9.10. The highest BCUT2D eigenvalue weighted by atomic mass is 79.9. The van der Waals surface area contributed by atoms with Crippen molar-refractivity contribution in [2.75, 3.05) is 7.05 Å². The molecule has 0 radical (unpaired) electrons. The Hall–Kier alpha value is 0.1000. The second-order valence-electron chi connectivity index (χ2n) is 3.86. The van der Waals surface area contributed by atoms with Gasteiger partial charge >= 0.3 is 0 Å². The van der Waals surface area contributed by atoms with E-state index in [2.05, 4.69) is 39.3 Å². The zero-order valence-corrected chi connectivity index (χ0v) is 10.5. The zero-order chi connectivity index (χ0) is 10.1. The first-order valence-corrected chi connectivity index (χ1v) is 6.45. The summed E-state index contributed by atoms with van der Waals surface area (Å²) in [5, 5.41) is 11.6. The molecule has 1 saturated carbocycles. The molecule has 0 aromatic carbocycles. The summed E-state index contributed by atoms with van der Waals surface area (Å²) < 4.78 is 1.15. The molecule has 0 aliphatic heterocycles. The van der Waals surface area contributed by atoms with Crippen molar-refractivity contribution in [3.05, 3.63) is 20.8 Å². The van der Waals surface area contributed by atoms with Crippen LogP contribution in [0.5, 0.6) is 0 Å². The first kappa shape index (κ1) is 10.6. The Balaban J connectivity index is 1.91. The molecule has 0 saturated heterocycles. The van der Waals surface area contributed by atoms with Crippen molar-refractivity contribution in [3.63, 3.8) is 0 Å². The first-order valence-electron chi connectivity index (χ1n) is 4.78. The van der Waals surface area contributed by atoms with Gasteiger partial charge in [-0.1, -0.05) is 0 Å². The van der Waals surface area contributed by atoms with E-state index >= 15 is 0 Å². The van der Waals surface area contributed by atoms with Crippen molar-refractivity contribution >= 4 is 27.3 Å². The minimum atomic E-state index is -0.108. The second-order valence-corrected chi connectivity index (χ2v) is 5.77. The number of hydrogen-bond donors (Lipinski definition) is 1. The van der Waals surface area contributed by atoms with Crippen LogP contribution in [0, 0.1) is 0 Å². The molecule has 2 unspecified atom stereocenters. The summed E-state index contributed by atoms with van der Waals surface area (Å²) in [6, 6.07) is 2.52. The molecule has 2 atom stereocenters. The molecule has 2 nitrogen and oxygen atoms in total. The molecule has 1 aromatic heterocycles. The Morgan fingerprint density at radius 1 is 1.64 bits per heavy atom. The summed E-state index contributed by atoms with van der Waals surface area (Å²) in [6.45, 7) is 0.942. The fourth-order valence-electron chi connectivity index (χ4n) is 1.78. The first-order chi connectivity index (χ1) is 6.66. The van der Waals surface area contributed by atoms with Crippen LogP contribution in [0.4, 0.5) is 0 Å². The second kappa shape index (κ2) is 4.31. The number of hydrogen-bond acceptors (Lipinski definition) is 3. The maximum atomic E-state index is 9.51. The van der Waals surface area contributed by atoms with Gasteiger partial charge in [-0.3, -0.25) is 4.90 Å². The summed E-state index contributed by atoms with van der Waals surface area (Å²) in [5.41, 5.74) is 0. The summed E-state index contributed by atoms with van der Waals surface area (Å²) in [6.07, 6.45) is 1.98. The molecule has 1 fully saturated rings. The zero-order valence-electron chi connectivity index (χ0n) is 8.11. The molecule has 2 rings (SSSR count). The lowest BCUT2D eigenvalue weighted by molar-refractivity contribution is -0.0126. The molecular formula is C10H14BrNOS. The Morgan fingerprint density at radius 3 is 2.86 bits per heavy atom. The molecule has 0 amide bonds. The van der Waals surface area contributed by atoms with E-state index in [1.807, 2.05) is 0 Å². The van der Waals surface area contributed by atoms with E-state index in [4.69, 9.17) is 0 Å². The van der Waals surface area contributed by atoms with Crippen LogP contribution in [-0.2, 0) is 6.54 Å². The number of nitrogens with zero attached hydrogens (tertiary/aromatic N) is 1. The Bertz CT molecular complexity index is 315. The average molecular weight is 276 g/mol. The van der Waals surface area contributed by atoms with Crippen LogP contribution in [0.25, 0.3) is 0 Å². The van der Waals surface area contributed by atoms with Crippen molar-refractivity contribution in [2.24, 2.45) is 0 Å². The van der Waals surface area contributed by atoms with Crippen LogP contribution < -0.4 is 0 Å². The van der Waals surface area contributed by atoms with E-state index in [1.165, 1.54) is 4.88 Å². The third-order valence-electron chi connectivity index (χ3n) is 2.80. The van der Waals surface area contributed by atoms with Crippen LogP contribution in [0.15, 0.2) is 15.9 Å². The van der Waals surface area contributed by atoms with Crippen LogP contribution >= 0.6 is 27.3 Å². The van der Waals surface area contributed by atoms with Crippen molar-refractivity contribution in [1.29, 1.82) is 0 Å². The lowest BCUT2D eigenvalue weighted by Crippen LogP contribution is -2.48. The number of likely N-dealkylation sites (N-methyl/N-ethyl adjacent to an activating group) is 1. The van der Waals surface area contributed by atoms with E-state index in [9.17, 15) is 5.11 Å². The number of thiophene rings is 1. The van der Waals surface area contributed by atoms with Gasteiger partial charge in [0.05, 0.1) is 6.10 Å². The van der Waals surface area contributed by atoms with Gasteiger partial charge in [0.15, 0.2) is 0 Å². The van der Waals surface area contributed by atoms with Gasteiger partial charge in [0, 0.05) is 27.3 Å². The van der Waals surface area contributed by atoms with Crippen molar-refractivity contribution < 1.29 is 5.11 Å². The Labute approximate surface area is 96.7 Å². The van der Waals surface area contributed by atoms with Gasteiger partial charge in [0.1, 0.15) is 0 Å². The highest BCUT2D eigenvalue weighted by Crippen LogP contribution is 2.27. The topological polar surface area (TPSA) is 23.5 Å². The van der Waals surface area contributed by atoms with Gasteiger partial charge < -0.3 is 5.11 Å². The van der Waals surface area contributed by atoms with E-state index in [0.29, 0.717) is 6.04 Å². The Morgan fingerprint density at radius 2 is 2.43 bits per heavy atom. The largest absolute Gasteiger partial charge is 0.391 e. The van der Waals surface area contributed by atoms with E-state index in [0.717, 1.165) is 23.9 Å². The van der Waals surface area contributed by atoms with Crippen molar-refractivity contribution in [1.82, 2.24) is 4.90 Å². The molecule has 1 aliphatic carbocycles. The molecule has 1 N–H and O–H groups in total. The third-order valence-corrected chi connectivity index (χ3v) is 4.48. The van der Waals surface area contributed by atoms with Gasteiger partial charge in [0.2, 0.25) is 0 Å². The molecule has 0 spiro atoms. The summed E-state index contributed by atoms with van der Waals surface area (Å²) in [4.78, 5) is 3.59. The number of halogens is 1. The third kappa shape index (κ3) is 2.19. The normalized spacial score (nSPS) is 26.6. The van der Waals surface area contributed by atoms with Gasteiger partial charge in [-0.15, -0.1) is 11.3 Å². The summed E-state index contributed by atoms with van der Waals surface area (Å²) in [5.74, 6) is 0. The molecule has 1 heterocycles. The fraction of sp³-hybridized carbons (Fsp3) is 0.600. The lowest BCUT2D eigenvalue weighted by atomic mass is 9.88. The molecular weight excluding hydrogens is 262 g/mol. The van der Waals surface area contributed by atoms with E-state index < -0.39 is 0 Å². The molecule has 4 heteroatoms.